The number of hydrogen-bond acceptors (Lipinski definition) is 3. The Morgan fingerprint density at radius 2 is 1.13 bits per heavy atom. The summed E-state index contributed by atoms with van der Waals surface area (Å²) in [6.07, 6.45) is -10.3. The first kappa shape index (κ1) is 40.8. The van der Waals surface area contributed by atoms with Crippen molar-refractivity contribution in [2.24, 2.45) is 4.99 Å². The lowest BCUT2D eigenvalue weighted by molar-refractivity contribution is -0.143. The van der Waals surface area contributed by atoms with E-state index in [1.165, 1.54) is 0 Å². The summed E-state index contributed by atoms with van der Waals surface area (Å²) in [5.41, 5.74) is 7.69. The quantitative estimate of drug-likeness (QED) is 0.128. The summed E-state index contributed by atoms with van der Waals surface area (Å²) >= 11 is 0. The molecular weight excluding hydrogens is 773 g/mol. The van der Waals surface area contributed by atoms with Crippen LogP contribution in [-0.2, 0) is 23.2 Å². The number of nitrogens with zero attached hydrogens (tertiary/aromatic N) is 2. The van der Waals surface area contributed by atoms with E-state index in [0.717, 1.165) is 44.7 Å². The van der Waals surface area contributed by atoms with E-state index in [-0.39, 0.29) is 16.9 Å². The van der Waals surface area contributed by atoms with E-state index >= 15 is 0 Å². The minimum Gasteiger partial charge on any atom is -0.503 e. The van der Waals surface area contributed by atoms with E-state index in [2.05, 4.69) is 41.5 Å². The van der Waals surface area contributed by atoms with Gasteiger partial charge in [0.15, 0.2) is 5.75 Å². The summed E-state index contributed by atoms with van der Waals surface area (Å²) < 4.78 is 99.9. The molecular formula is C49H43BF6N2O2. The van der Waals surface area contributed by atoms with Crippen molar-refractivity contribution in [3.05, 3.63) is 165 Å². The molecule has 0 saturated carbocycles. The van der Waals surface area contributed by atoms with Gasteiger partial charge < -0.3 is 13.8 Å². The molecule has 60 heavy (non-hydrogen) atoms. The van der Waals surface area contributed by atoms with Crippen molar-refractivity contribution in [2.75, 3.05) is 0 Å². The molecule has 0 radical (unpaired) electrons. The normalized spacial score (nSPS) is 15.0. The molecule has 0 amide bonds. The Kier molecular flexibility index (Phi) is 9.76. The third kappa shape index (κ3) is 7.43. The van der Waals surface area contributed by atoms with Gasteiger partial charge in [-0.15, -0.1) is 0 Å². The molecule has 306 valence electrons. The number of alkyl halides is 6. The Labute approximate surface area is 346 Å². The minimum absolute atomic E-state index is 0.0689. The van der Waals surface area contributed by atoms with Crippen molar-refractivity contribution in [1.82, 2.24) is 4.48 Å². The first-order chi connectivity index (χ1) is 28.1. The van der Waals surface area contributed by atoms with Crippen LogP contribution in [0, 0.1) is 6.92 Å². The molecule has 0 bridgehead atoms. The first-order valence-electron chi connectivity index (χ1n) is 19.7. The number of halogens is 6. The van der Waals surface area contributed by atoms with Crippen LogP contribution in [0.25, 0.3) is 33.7 Å². The van der Waals surface area contributed by atoms with E-state index < -0.39 is 42.2 Å². The van der Waals surface area contributed by atoms with Gasteiger partial charge in [-0.3, -0.25) is 0 Å². The average Bonchev–Trinajstić information content (AvgIpc) is 3.90. The molecule has 0 atom stereocenters. The fraction of sp³-hybridized carbons (Fsp3) is 0.245. The molecule has 0 aliphatic carbocycles. The number of aryl methyl sites for hydroxylation is 1. The summed E-state index contributed by atoms with van der Waals surface area (Å²) in [5, 5.41) is 0. The highest BCUT2D eigenvalue weighted by Crippen LogP contribution is 2.50. The van der Waals surface area contributed by atoms with Crippen molar-refractivity contribution < 1.29 is 35.7 Å². The molecule has 0 fully saturated rings. The van der Waals surface area contributed by atoms with Crippen molar-refractivity contribution in [3.63, 3.8) is 0 Å². The highest BCUT2D eigenvalue weighted by atomic mass is 19.4. The van der Waals surface area contributed by atoms with Crippen LogP contribution in [0.3, 0.4) is 0 Å². The van der Waals surface area contributed by atoms with Crippen LogP contribution in [0.1, 0.15) is 98.7 Å². The van der Waals surface area contributed by atoms with Gasteiger partial charge in [0.05, 0.1) is 17.0 Å². The van der Waals surface area contributed by atoms with Crippen molar-refractivity contribution in [2.45, 2.75) is 78.6 Å². The Hall–Kier alpha value is -5.97. The van der Waals surface area contributed by atoms with Gasteiger partial charge in [0.25, 0.3) is 0 Å². The maximum Gasteiger partial charge on any atom is 0.743 e. The molecule has 0 N–H and O–H groups in total. The number of aliphatic imine (C=N–C) groups is 1. The summed E-state index contributed by atoms with van der Waals surface area (Å²) in [4.78, 5) is 5.25. The molecule has 2 aliphatic rings. The Morgan fingerprint density at radius 1 is 0.583 bits per heavy atom. The van der Waals surface area contributed by atoms with E-state index in [9.17, 15) is 26.3 Å². The van der Waals surface area contributed by atoms with E-state index in [1.54, 1.807) is 4.48 Å². The van der Waals surface area contributed by atoms with Crippen LogP contribution < -0.4 is 9.31 Å². The van der Waals surface area contributed by atoms with Gasteiger partial charge in [0, 0.05) is 33.6 Å². The predicted octanol–water partition coefficient (Wildman–Crippen LogP) is 13.8. The molecule has 3 heterocycles. The van der Waals surface area contributed by atoms with Crippen molar-refractivity contribution in [1.29, 1.82) is 0 Å². The SMILES string of the molecule is C/C(=C1/N=C(c2ccc(C)cc2)c2ccccc21)c1c(-c2ccc(C(C)(C)C)cc2)cc(-c2ccc(C(C)(C)C)cc2)n1B1Oc2cc(C(F)(F)F)cc(C(F)(F)F)c2O1. The minimum atomic E-state index is -5.18. The van der Waals surface area contributed by atoms with Gasteiger partial charge in [0.1, 0.15) is 11.3 Å². The topological polar surface area (TPSA) is 35.8 Å². The second-order valence-electron chi connectivity index (χ2n) is 17.6. The average molecular weight is 817 g/mol. The molecule has 5 aromatic carbocycles. The van der Waals surface area contributed by atoms with Gasteiger partial charge in [-0.1, -0.05) is 144 Å². The van der Waals surface area contributed by atoms with E-state index in [0.29, 0.717) is 39.9 Å². The predicted molar refractivity (Wildman–Crippen MR) is 227 cm³/mol. The maximum atomic E-state index is 14.6. The fourth-order valence-corrected chi connectivity index (χ4v) is 7.84. The van der Waals surface area contributed by atoms with E-state index in [1.807, 2.05) is 117 Å². The molecule has 4 nitrogen and oxygen atoms in total. The monoisotopic (exact) mass is 816 g/mol. The molecule has 0 saturated heterocycles. The van der Waals surface area contributed by atoms with Gasteiger partial charge in [0.2, 0.25) is 0 Å². The maximum absolute atomic E-state index is 14.6. The summed E-state index contributed by atoms with van der Waals surface area (Å²) in [7, 11) is -1.65. The zero-order chi connectivity index (χ0) is 43.1. The second-order valence-corrected chi connectivity index (χ2v) is 17.6. The zero-order valence-electron chi connectivity index (χ0n) is 34.5. The molecule has 8 rings (SSSR count). The first-order valence-corrected chi connectivity index (χ1v) is 19.7. The second kappa shape index (κ2) is 14.3. The standard InChI is InChI=1S/C49H43BF6N2O2/c1-28-13-15-32(16-14-28)43-37-12-10-9-11-36(37)42(57-43)29(2)44-38(30-17-21-33(22-18-30)46(3,4)5)27-40(31-19-23-34(24-20-31)47(6,7)8)58(44)50-59-41-26-35(48(51,52)53)25-39(45(41)60-50)49(54,55)56/h9-27H,1-8H3/b42-29-. The third-order valence-corrected chi connectivity index (χ3v) is 11.2. The Bertz CT molecular complexity index is 2690. The Balaban J connectivity index is 1.43. The molecule has 0 unspecified atom stereocenters. The Morgan fingerprint density at radius 3 is 1.68 bits per heavy atom. The van der Waals surface area contributed by atoms with Crippen LogP contribution in [0.15, 0.2) is 120 Å². The molecule has 2 aliphatic heterocycles. The van der Waals surface area contributed by atoms with Crippen LogP contribution >= 0.6 is 0 Å². The number of aromatic nitrogens is 1. The molecule has 0 spiro atoms. The number of allylic oxidation sites excluding steroid dienone is 1. The van der Waals surface area contributed by atoms with Gasteiger partial charge in [-0.05, 0) is 70.7 Å². The van der Waals surface area contributed by atoms with Crippen LogP contribution in [0.2, 0.25) is 0 Å². The summed E-state index contributed by atoms with van der Waals surface area (Å²) in [6.45, 7) is 16.5. The lowest BCUT2D eigenvalue weighted by Gasteiger charge is -2.21. The highest BCUT2D eigenvalue weighted by Gasteiger charge is 2.48. The third-order valence-electron chi connectivity index (χ3n) is 11.2. The highest BCUT2D eigenvalue weighted by molar-refractivity contribution is 6.47. The number of fused-ring (bicyclic) bond motifs is 2. The lowest BCUT2D eigenvalue weighted by Crippen LogP contribution is -2.36. The largest absolute Gasteiger partial charge is 0.743 e. The van der Waals surface area contributed by atoms with Gasteiger partial charge >= 0.3 is 19.6 Å². The van der Waals surface area contributed by atoms with Gasteiger partial charge in [-0.2, -0.15) is 26.3 Å². The summed E-state index contributed by atoms with van der Waals surface area (Å²) in [5.74, 6) is -1.48. The van der Waals surface area contributed by atoms with Crippen molar-refractivity contribution in [3.8, 4) is 33.9 Å². The lowest BCUT2D eigenvalue weighted by atomic mass is 9.86. The number of benzene rings is 5. The molecule has 6 aromatic rings. The molecule has 11 heteroatoms. The van der Waals surface area contributed by atoms with Crippen molar-refractivity contribution >= 4 is 24.2 Å². The molecule has 1 aromatic heterocycles. The number of hydrogen-bond donors (Lipinski definition) is 0. The fourth-order valence-electron chi connectivity index (χ4n) is 7.84. The van der Waals surface area contributed by atoms with Crippen LogP contribution in [0.4, 0.5) is 26.3 Å². The van der Waals surface area contributed by atoms with Crippen LogP contribution in [0.5, 0.6) is 11.5 Å². The van der Waals surface area contributed by atoms with E-state index in [4.69, 9.17) is 14.3 Å². The smallest absolute Gasteiger partial charge is 0.503 e. The van der Waals surface area contributed by atoms with Crippen LogP contribution in [-0.4, -0.2) is 17.4 Å². The summed E-state index contributed by atoms with van der Waals surface area (Å²) in [6, 6.07) is 34.4. The zero-order valence-corrected chi connectivity index (χ0v) is 34.5. The number of rotatable bonds is 5. The van der Waals surface area contributed by atoms with Gasteiger partial charge in [-0.25, -0.2) is 4.99 Å².